The first-order chi connectivity index (χ1) is 9.64. The molecule has 2 heterocycles. The summed E-state index contributed by atoms with van der Waals surface area (Å²) in [5.41, 5.74) is -0.587. The standard InChI is InChI=1S/C14H22N2O4S/c1-5-11-9-15(13(17)20-14(2,3)4)12-7-6-8-21(18,19)16(11)10-12/h1,11-12H,6-10H2,2-4H3/t11-,12+/m0/s1. The fourth-order valence-electron chi connectivity index (χ4n) is 2.71. The van der Waals surface area contributed by atoms with E-state index in [2.05, 4.69) is 5.92 Å². The van der Waals surface area contributed by atoms with E-state index >= 15 is 0 Å². The van der Waals surface area contributed by atoms with Gasteiger partial charge < -0.3 is 9.64 Å². The van der Waals surface area contributed by atoms with E-state index in [1.807, 2.05) is 0 Å². The molecule has 2 rings (SSSR count). The van der Waals surface area contributed by atoms with Crippen LogP contribution in [0, 0.1) is 12.3 Å². The lowest BCUT2D eigenvalue weighted by Crippen LogP contribution is -2.60. The molecule has 2 aliphatic heterocycles. The average Bonchev–Trinajstić information content (AvgIpc) is 2.46. The first kappa shape index (κ1) is 16.1. The first-order valence-electron chi connectivity index (χ1n) is 7.09. The highest BCUT2D eigenvalue weighted by molar-refractivity contribution is 7.89. The summed E-state index contributed by atoms with van der Waals surface area (Å²) in [6.07, 6.45) is 6.21. The lowest BCUT2D eigenvalue weighted by atomic mass is 10.1. The summed E-state index contributed by atoms with van der Waals surface area (Å²) in [7, 11) is -3.33. The molecule has 2 saturated heterocycles. The molecular weight excluding hydrogens is 292 g/mol. The van der Waals surface area contributed by atoms with Gasteiger partial charge in [-0.05, 0) is 33.6 Å². The topological polar surface area (TPSA) is 66.9 Å². The van der Waals surface area contributed by atoms with Gasteiger partial charge in [-0.3, -0.25) is 0 Å². The number of terminal acetylenes is 1. The van der Waals surface area contributed by atoms with Crippen molar-refractivity contribution in [3.8, 4) is 12.3 Å². The molecule has 2 bridgehead atoms. The van der Waals surface area contributed by atoms with Crippen LogP contribution in [-0.2, 0) is 14.8 Å². The van der Waals surface area contributed by atoms with Gasteiger partial charge in [-0.25, -0.2) is 13.2 Å². The minimum Gasteiger partial charge on any atom is -0.444 e. The van der Waals surface area contributed by atoms with Crippen LogP contribution in [-0.4, -0.2) is 60.2 Å². The van der Waals surface area contributed by atoms with E-state index in [9.17, 15) is 13.2 Å². The predicted molar refractivity (Wildman–Crippen MR) is 79.1 cm³/mol. The largest absolute Gasteiger partial charge is 0.444 e. The summed E-state index contributed by atoms with van der Waals surface area (Å²) in [4.78, 5) is 13.9. The van der Waals surface area contributed by atoms with Crippen molar-refractivity contribution in [3.05, 3.63) is 0 Å². The molecule has 0 aliphatic carbocycles. The summed E-state index contributed by atoms with van der Waals surface area (Å²) in [6.45, 7) is 5.86. The lowest BCUT2D eigenvalue weighted by Gasteiger charge is -2.42. The molecular formula is C14H22N2O4S. The maximum atomic E-state index is 12.3. The third kappa shape index (κ3) is 3.50. The van der Waals surface area contributed by atoms with Gasteiger partial charge in [-0.15, -0.1) is 6.42 Å². The highest BCUT2D eigenvalue weighted by atomic mass is 32.2. The van der Waals surface area contributed by atoms with Crippen LogP contribution in [0.15, 0.2) is 0 Å². The summed E-state index contributed by atoms with van der Waals surface area (Å²) < 4.78 is 31.1. The van der Waals surface area contributed by atoms with Crippen LogP contribution < -0.4 is 0 Å². The van der Waals surface area contributed by atoms with Crippen LogP contribution in [0.2, 0.25) is 0 Å². The van der Waals surface area contributed by atoms with Crippen LogP contribution >= 0.6 is 0 Å². The first-order valence-corrected chi connectivity index (χ1v) is 8.70. The number of hydrogen-bond donors (Lipinski definition) is 0. The molecule has 1 amide bonds. The number of ether oxygens (including phenoxy) is 1. The van der Waals surface area contributed by atoms with Gasteiger partial charge in [-0.2, -0.15) is 4.31 Å². The van der Waals surface area contributed by atoms with Crippen molar-refractivity contribution in [2.75, 3.05) is 18.8 Å². The Morgan fingerprint density at radius 3 is 2.57 bits per heavy atom. The molecule has 3 atom stereocenters. The minimum atomic E-state index is -3.33. The smallest absolute Gasteiger partial charge is 0.410 e. The van der Waals surface area contributed by atoms with E-state index in [-0.39, 0.29) is 24.9 Å². The molecule has 2 fully saturated rings. The Morgan fingerprint density at radius 1 is 1.33 bits per heavy atom. The second-order valence-corrected chi connectivity index (χ2v) is 8.54. The van der Waals surface area contributed by atoms with Crippen molar-refractivity contribution in [1.29, 1.82) is 0 Å². The highest BCUT2D eigenvalue weighted by Gasteiger charge is 2.43. The molecule has 7 heteroatoms. The molecule has 2 aliphatic rings. The van der Waals surface area contributed by atoms with E-state index in [0.717, 1.165) is 0 Å². The van der Waals surface area contributed by atoms with E-state index in [4.69, 9.17) is 11.2 Å². The Labute approximate surface area is 126 Å². The molecule has 6 nitrogen and oxygen atoms in total. The van der Waals surface area contributed by atoms with Crippen molar-refractivity contribution in [2.24, 2.45) is 0 Å². The van der Waals surface area contributed by atoms with Crippen molar-refractivity contribution < 1.29 is 17.9 Å². The molecule has 0 radical (unpaired) electrons. The van der Waals surface area contributed by atoms with Gasteiger partial charge in [0.2, 0.25) is 10.0 Å². The third-order valence-electron chi connectivity index (χ3n) is 3.67. The van der Waals surface area contributed by atoms with E-state index in [0.29, 0.717) is 12.8 Å². The minimum absolute atomic E-state index is 0.0871. The number of rotatable bonds is 0. The number of piperazine rings is 1. The van der Waals surface area contributed by atoms with E-state index < -0.39 is 27.8 Å². The Bertz CT molecular complexity index is 559. The second kappa shape index (κ2) is 5.50. The number of hydrogen-bond acceptors (Lipinski definition) is 4. The van der Waals surface area contributed by atoms with Crippen LogP contribution in [0.5, 0.6) is 0 Å². The Hall–Kier alpha value is -1.26. The maximum absolute atomic E-state index is 12.3. The van der Waals surface area contributed by atoms with Crippen molar-refractivity contribution >= 4 is 16.1 Å². The van der Waals surface area contributed by atoms with Gasteiger partial charge in [-0.1, -0.05) is 5.92 Å². The van der Waals surface area contributed by atoms with Gasteiger partial charge in [0, 0.05) is 12.6 Å². The number of fused-ring (bicyclic) bond motifs is 2. The zero-order chi connectivity index (χ0) is 15.8. The summed E-state index contributed by atoms with van der Waals surface area (Å²) >= 11 is 0. The molecule has 0 saturated carbocycles. The number of carbonyl (C=O) groups excluding carboxylic acids is 1. The average molecular weight is 314 g/mol. The second-order valence-electron chi connectivity index (χ2n) is 6.50. The van der Waals surface area contributed by atoms with Gasteiger partial charge >= 0.3 is 6.09 Å². The molecule has 21 heavy (non-hydrogen) atoms. The monoisotopic (exact) mass is 314 g/mol. The van der Waals surface area contributed by atoms with Gasteiger partial charge in [0.15, 0.2) is 0 Å². The Kier molecular flexibility index (Phi) is 4.22. The zero-order valence-corrected chi connectivity index (χ0v) is 13.5. The van der Waals surface area contributed by atoms with Crippen LogP contribution in [0.4, 0.5) is 4.79 Å². The SMILES string of the molecule is C#C[C@H]1CN(C(=O)OC(C)(C)C)[C@@H]2CCCS(=O)(=O)N1C2. The molecule has 0 N–H and O–H groups in total. The normalized spacial score (nSPS) is 31.9. The molecule has 118 valence electrons. The lowest BCUT2D eigenvalue weighted by molar-refractivity contribution is 0.00174. The molecule has 0 spiro atoms. The number of sulfonamides is 1. The number of nitrogens with zero attached hydrogens (tertiary/aromatic N) is 2. The quantitative estimate of drug-likeness (QED) is 0.626. The maximum Gasteiger partial charge on any atom is 0.410 e. The van der Waals surface area contributed by atoms with Crippen molar-refractivity contribution in [2.45, 2.75) is 51.3 Å². The van der Waals surface area contributed by atoms with Crippen LogP contribution in [0.25, 0.3) is 0 Å². The zero-order valence-electron chi connectivity index (χ0n) is 12.7. The number of amides is 1. The van der Waals surface area contributed by atoms with E-state index in [1.54, 1.807) is 25.7 Å². The molecule has 0 aromatic carbocycles. The van der Waals surface area contributed by atoms with Crippen LogP contribution in [0.1, 0.15) is 33.6 Å². The molecule has 0 aromatic heterocycles. The summed E-state index contributed by atoms with van der Waals surface area (Å²) in [5.74, 6) is 2.57. The fourth-order valence-corrected chi connectivity index (χ4v) is 4.39. The van der Waals surface area contributed by atoms with E-state index in [1.165, 1.54) is 4.31 Å². The highest BCUT2D eigenvalue weighted by Crippen LogP contribution is 2.27. The Balaban J connectivity index is 2.24. The van der Waals surface area contributed by atoms with Crippen molar-refractivity contribution in [3.63, 3.8) is 0 Å². The molecule has 0 aromatic rings. The number of carbonyl (C=O) groups is 1. The third-order valence-corrected chi connectivity index (χ3v) is 5.59. The Morgan fingerprint density at radius 2 is 2.00 bits per heavy atom. The fraction of sp³-hybridized carbons (Fsp3) is 0.786. The summed E-state index contributed by atoms with van der Waals surface area (Å²) in [6, 6.07) is -0.779. The summed E-state index contributed by atoms with van der Waals surface area (Å²) in [5, 5.41) is 0. The predicted octanol–water partition coefficient (Wildman–Crippen LogP) is 1.03. The van der Waals surface area contributed by atoms with Gasteiger partial charge in [0.25, 0.3) is 0 Å². The van der Waals surface area contributed by atoms with Crippen LogP contribution in [0.3, 0.4) is 0 Å². The van der Waals surface area contributed by atoms with Gasteiger partial charge in [0.1, 0.15) is 11.6 Å². The van der Waals surface area contributed by atoms with Gasteiger partial charge in [0.05, 0.1) is 12.3 Å². The van der Waals surface area contributed by atoms with Crippen molar-refractivity contribution in [1.82, 2.24) is 9.21 Å². The molecule has 1 unspecified atom stereocenters.